The predicted octanol–water partition coefficient (Wildman–Crippen LogP) is 2.22. The van der Waals surface area contributed by atoms with Crippen molar-refractivity contribution in [1.82, 2.24) is 9.97 Å². The molecule has 4 nitrogen and oxygen atoms in total. The van der Waals surface area contributed by atoms with Gasteiger partial charge in [0, 0.05) is 11.6 Å². The molecule has 3 rings (SSSR count). The van der Waals surface area contributed by atoms with E-state index in [-0.39, 0.29) is 0 Å². The zero-order chi connectivity index (χ0) is 11.8. The Morgan fingerprint density at radius 1 is 1.35 bits per heavy atom. The molecule has 1 aromatic rings. The number of hydrogen-bond acceptors (Lipinski definition) is 4. The van der Waals surface area contributed by atoms with Gasteiger partial charge in [-0.3, -0.25) is 0 Å². The van der Waals surface area contributed by atoms with Crippen LogP contribution in [0.15, 0.2) is 6.33 Å². The summed E-state index contributed by atoms with van der Waals surface area (Å²) in [6.45, 7) is 2.10. The van der Waals surface area contributed by atoms with Crippen molar-refractivity contribution in [1.29, 1.82) is 0 Å². The first-order valence-corrected chi connectivity index (χ1v) is 6.63. The molecule has 4 heteroatoms. The average molecular weight is 232 g/mol. The molecule has 0 spiro atoms. The number of fused-ring (bicyclic) bond motifs is 2. The molecule has 2 bridgehead atoms. The normalized spacial score (nSPS) is 30.8. The fourth-order valence-electron chi connectivity index (χ4n) is 3.50. The molecular formula is C13H20N4. The summed E-state index contributed by atoms with van der Waals surface area (Å²) < 4.78 is 0. The summed E-state index contributed by atoms with van der Waals surface area (Å²) >= 11 is 0. The van der Waals surface area contributed by atoms with Crippen molar-refractivity contribution in [3.05, 3.63) is 11.9 Å². The minimum atomic E-state index is 0.605. The second-order valence-electron chi connectivity index (χ2n) is 5.37. The van der Waals surface area contributed by atoms with Crippen LogP contribution in [0, 0.1) is 11.8 Å². The second kappa shape index (κ2) is 4.17. The third-order valence-electron chi connectivity index (χ3n) is 4.39. The Kier molecular flexibility index (Phi) is 2.65. The van der Waals surface area contributed by atoms with Gasteiger partial charge in [-0.2, -0.15) is 0 Å². The van der Waals surface area contributed by atoms with Crippen LogP contribution in [0.25, 0.3) is 0 Å². The topological polar surface area (TPSA) is 63.8 Å². The molecule has 2 fully saturated rings. The van der Waals surface area contributed by atoms with Crippen molar-refractivity contribution < 1.29 is 0 Å². The van der Waals surface area contributed by atoms with E-state index in [0.29, 0.717) is 11.9 Å². The second-order valence-corrected chi connectivity index (χ2v) is 5.37. The van der Waals surface area contributed by atoms with E-state index in [2.05, 4.69) is 22.2 Å². The predicted molar refractivity (Wildman–Crippen MR) is 68.7 cm³/mol. The summed E-state index contributed by atoms with van der Waals surface area (Å²) in [6, 6.07) is 0.605. The van der Waals surface area contributed by atoms with E-state index in [9.17, 15) is 0 Å². The van der Waals surface area contributed by atoms with E-state index in [4.69, 9.17) is 5.73 Å². The van der Waals surface area contributed by atoms with E-state index in [1.807, 2.05) is 0 Å². The highest BCUT2D eigenvalue weighted by Crippen LogP contribution is 2.45. The number of anilines is 2. The molecule has 0 aliphatic heterocycles. The van der Waals surface area contributed by atoms with Gasteiger partial charge in [0.05, 0.1) is 0 Å². The van der Waals surface area contributed by atoms with Crippen LogP contribution in [0.2, 0.25) is 0 Å². The molecule has 1 aromatic heterocycles. The Balaban J connectivity index is 1.79. The number of nitrogens with two attached hydrogens (primary N) is 1. The Morgan fingerprint density at radius 2 is 2.24 bits per heavy atom. The minimum Gasteiger partial charge on any atom is -0.383 e. The Labute approximate surface area is 102 Å². The van der Waals surface area contributed by atoms with Gasteiger partial charge in [0.15, 0.2) is 0 Å². The van der Waals surface area contributed by atoms with Crippen molar-refractivity contribution >= 4 is 11.6 Å². The highest BCUT2D eigenvalue weighted by molar-refractivity contribution is 5.55. The zero-order valence-electron chi connectivity index (χ0n) is 10.3. The Bertz CT molecular complexity index is 418. The van der Waals surface area contributed by atoms with Crippen LogP contribution in [-0.4, -0.2) is 16.0 Å². The third kappa shape index (κ3) is 1.85. The third-order valence-corrected chi connectivity index (χ3v) is 4.39. The van der Waals surface area contributed by atoms with Gasteiger partial charge >= 0.3 is 0 Å². The highest BCUT2D eigenvalue weighted by atomic mass is 15.1. The quantitative estimate of drug-likeness (QED) is 0.838. The van der Waals surface area contributed by atoms with E-state index in [1.54, 1.807) is 6.33 Å². The van der Waals surface area contributed by atoms with E-state index in [0.717, 1.165) is 29.6 Å². The molecule has 92 valence electrons. The number of aromatic nitrogens is 2. The number of hydrogen-bond donors (Lipinski definition) is 2. The highest BCUT2D eigenvalue weighted by Gasteiger charge is 2.39. The largest absolute Gasteiger partial charge is 0.383 e. The molecule has 3 unspecified atom stereocenters. The van der Waals surface area contributed by atoms with Gasteiger partial charge in [-0.25, -0.2) is 9.97 Å². The monoisotopic (exact) mass is 232 g/mol. The summed E-state index contributed by atoms with van der Waals surface area (Å²) in [7, 11) is 0. The first kappa shape index (κ1) is 10.8. The molecule has 0 aromatic carbocycles. The standard InChI is InChI=1S/C13H20N4/c1-2-10-12(14)15-7-16-13(10)17-11-6-8-3-4-9(11)5-8/h7-9,11H,2-6H2,1H3,(H3,14,15,16,17). The maximum Gasteiger partial charge on any atom is 0.134 e. The van der Waals surface area contributed by atoms with Gasteiger partial charge in [0.25, 0.3) is 0 Å². The molecule has 1 heterocycles. The summed E-state index contributed by atoms with van der Waals surface area (Å²) in [5, 5.41) is 3.60. The van der Waals surface area contributed by atoms with Gasteiger partial charge in [-0.1, -0.05) is 13.3 Å². The van der Waals surface area contributed by atoms with Crippen molar-refractivity contribution in [3.63, 3.8) is 0 Å². The molecule has 0 amide bonds. The summed E-state index contributed by atoms with van der Waals surface area (Å²) in [4.78, 5) is 8.42. The first-order chi connectivity index (χ1) is 8.28. The van der Waals surface area contributed by atoms with Crippen molar-refractivity contribution in [3.8, 4) is 0 Å². The fourth-order valence-corrected chi connectivity index (χ4v) is 3.50. The van der Waals surface area contributed by atoms with Gasteiger partial charge < -0.3 is 11.1 Å². The lowest BCUT2D eigenvalue weighted by atomic mass is 9.95. The van der Waals surface area contributed by atoms with Gasteiger partial charge in [0.2, 0.25) is 0 Å². The fraction of sp³-hybridized carbons (Fsp3) is 0.692. The maximum atomic E-state index is 5.89. The van der Waals surface area contributed by atoms with Crippen LogP contribution in [-0.2, 0) is 6.42 Å². The van der Waals surface area contributed by atoms with E-state index in [1.165, 1.54) is 25.7 Å². The first-order valence-electron chi connectivity index (χ1n) is 6.63. The van der Waals surface area contributed by atoms with Crippen LogP contribution < -0.4 is 11.1 Å². The van der Waals surface area contributed by atoms with Crippen LogP contribution in [0.4, 0.5) is 11.6 Å². The number of nitrogens with one attached hydrogen (secondary N) is 1. The number of rotatable bonds is 3. The molecule has 0 radical (unpaired) electrons. The average Bonchev–Trinajstić information content (AvgIpc) is 2.91. The van der Waals surface area contributed by atoms with Crippen LogP contribution in [0.1, 0.15) is 38.2 Å². The SMILES string of the molecule is CCc1c(N)ncnc1NC1CC2CCC1C2. The zero-order valence-corrected chi connectivity index (χ0v) is 10.3. The molecular weight excluding hydrogens is 212 g/mol. The Morgan fingerprint density at radius 3 is 2.88 bits per heavy atom. The van der Waals surface area contributed by atoms with Gasteiger partial charge in [-0.15, -0.1) is 0 Å². The smallest absolute Gasteiger partial charge is 0.134 e. The lowest BCUT2D eigenvalue weighted by molar-refractivity contribution is 0.438. The van der Waals surface area contributed by atoms with Crippen molar-refractivity contribution in [2.75, 3.05) is 11.1 Å². The molecule has 2 saturated carbocycles. The van der Waals surface area contributed by atoms with Crippen LogP contribution in [0.3, 0.4) is 0 Å². The van der Waals surface area contributed by atoms with Crippen LogP contribution in [0.5, 0.6) is 0 Å². The van der Waals surface area contributed by atoms with Gasteiger partial charge in [-0.05, 0) is 37.5 Å². The van der Waals surface area contributed by atoms with E-state index >= 15 is 0 Å². The molecule has 3 atom stereocenters. The van der Waals surface area contributed by atoms with Crippen molar-refractivity contribution in [2.45, 2.75) is 45.1 Å². The number of nitrogens with zero attached hydrogens (tertiary/aromatic N) is 2. The maximum absolute atomic E-state index is 5.89. The molecule has 3 N–H and O–H groups in total. The van der Waals surface area contributed by atoms with Crippen molar-refractivity contribution in [2.24, 2.45) is 11.8 Å². The molecule has 17 heavy (non-hydrogen) atoms. The lowest BCUT2D eigenvalue weighted by Crippen LogP contribution is -2.27. The molecule has 2 aliphatic rings. The minimum absolute atomic E-state index is 0.605. The summed E-state index contributed by atoms with van der Waals surface area (Å²) in [5.41, 5.74) is 6.96. The van der Waals surface area contributed by atoms with E-state index < -0.39 is 0 Å². The molecule has 0 saturated heterocycles. The molecule has 2 aliphatic carbocycles. The number of nitrogen functional groups attached to an aromatic ring is 1. The summed E-state index contributed by atoms with van der Waals surface area (Å²) in [5.74, 6) is 3.37. The Hall–Kier alpha value is -1.32. The van der Waals surface area contributed by atoms with Crippen LogP contribution >= 0.6 is 0 Å². The van der Waals surface area contributed by atoms with Gasteiger partial charge in [0.1, 0.15) is 18.0 Å². The summed E-state index contributed by atoms with van der Waals surface area (Å²) in [6.07, 6.45) is 7.96. The lowest BCUT2D eigenvalue weighted by Gasteiger charge is -2.24.